The number of hydrogen-bond donors (Lipinski definition) is 0. The minimum absolute atomic E-state index is 0.494. The Morgan fingerprint density at radius 3 is 1.51 bits per heavy atom. The second kappa shape index (κ2) is 15.0. The van der Waals surface area contributed by atoms with Crippen LogP contribution < -0.4 is 9.80 Å². The molecule has 0 amide bonds. The summed E-state index contributed by atoms with van der Waals surface area (Å²) in [6.07, 6.45) is 0. The smallest absolute Gasteiger partial charge is 0.135 e. The first-order chi connectivity index (χ1) is 32.2. The summed E-state index contributed by atoms with van der Waals surface area (Å²) in [7, 11) is 0. The molecule has 0 radical (unpaired) electrons. The number of hydrogen-bond acceptors (Lipinski definition) is 4. The Labute approximate surface area is 382 Å². The molecule has 1 spiro atoms. The summed E-state index contributed by atoms with van der Waals surface area (Å²) < 4.78 is 6.24. The van der Waals surface area contributed by atoms with Crippen molar-refractivity contribution in [2.75, 3.05) is 9.80 Å². The highest BCUT2D eigenvalue weighted by molar-refractivity contribution is 7.99. The van der Waals surface area contributed by atoms with Gasteiger partial charge < -0.3 is 14.2 Å². The van der Waals surface area contributed by atoms with Crippen molar-refractivity contribution in [3.8, 4) is 22.3 Å². The monoisotopic (exact) mass is 848 g/mol. The molecule has 11 aromatic rings. The largest absolute Gasteiger partial charge is 0.456 e. The maximum Gasteiger partial charge on any atom is 0.135 e. The van der Waals surface area contributed by atoms with E-state index in [1.165, 1.54) is 43.2 Å². The fourth-order valence-electron chi connectivity index (χ4n) is 10.5. The van der Waals surface area contributed by atoms with Crippen LogP contribution in [-0.4, -0.2) is 0 Å². The molecule has 0 atom stereocenters. The summed E-state index contributed by atoms with van der Waals surface area (Å²) in [5.41, 5.74) is 18.0. The zero-order valence-electron chi connectivity index (χ0n) is 35.3. The summed E-state index contributed by atoms with van der Waals surface area (Å²) in [5, 5.41) is 2.24. The van der Waals surface area contributed by atoms with E-state index in [4.69, 9.17) is 4.42 Å². The topological polar surface area (TPSA) is 19.6 Å². The normalized spacial score (nSPS) is 13.0. The molecule has 10 aromatic carbocycles. The summed E-state index contributed by atoms with van der Waals surface area (Å²) in [6.45, 7) is 0. The van der Waals surface area contributed by atoms with Crippen molar-refractivity contribution in [2.24, 2.45) is 0 Å². The van der Waals surface area contributed by atoms with Gasteiger partial charge in [0.2, 0.25) is 0 Å². The van der Waals surface area contributed by atoms with E-state index < -0.39 is 5.41 Å². The van der Waals surface area contributed by atoms with Gasteiger partial charge in [-0.05, 0) is 148 Å². The minimum Gasteiger partial charge on any atom is -0.456 e. The van der Waals surface area contributed by atoms with Crippen LogP contribution in [0.2, 0.25) is 0 Å². The van der Waals surface area contributed by atoms with Crippen LogP contribution in [0.1, 0.15) is 22.3 Å². The first-order valence-electron chi connectivity index (χ1n) is 22.2. The lowest BCUT2D eigenvalue weighted by Crippen LogP contribution is -2.32. The van der Waals surface area contributed by atoms with Gasteiger partial charge in [-0.2, -0.15) is 0 Å². The maximum atomic E-state index is 6.24. The van der Waals surface area contributed by atoms with Crippen LogP contribution in [0.3, 0.4) is 0 Å². The molecule has 1 aliphatic heterocycles. The van der Waals surface area contributed by atoms with Crippen LogP contribution in [0.5, 0.6) is 0 Å². The van der Waals surface area contributed by atoms with Crippen LogP contribution >= 0.6 is 11.8 Å². The third-order valence-electron chi connectivity index (χ3n) is 13.3. The summed E-state index contributed by atoms with van der Waals surface area (Å²) in [6, 6.07) is 88.3. The minimum atomic E-state index is -0.494. The lowest BCUT2D eigenvalue weighted by atomic mass is 9.67. The summed E-state index contributed by atoms with van der Waals surface area (Å²) in [5.74, 6) is 0. The highest BCUT2D eigenvalue weighted by Crippen LogP contribution is 2.62. The molecule has 306 valence electrons. The van der Waals surface area contributed by atoms with Gasteiger partial charge in [-0.15, -0.1) is 0 Å². The molecule has 0 saturated heterocycles. The van der Waals surface area contributed by atoms with E-state index in [-0.39, 0.29) is 0 Å². The van der Waals surface area contributed by atoms with Crippen LogP contribution in [0.25, 0.3) is 44.2 Å². The van der Waals surface area contributed by atoms with Crippen molar-refractivity contribution < 1.29 is 4.42 Å². The van der Waals surface area contributed by atoms with E-state index in [2.05, 4.69) is 240 Å². The number of rotatable bonds is 7. The predicted octanol–water partition coefficient (Wildman–Crippen LogP) is 17.0. The van der Waals surface area contributed by atoms with E-state index in [9.17, 15) is 0 Å². The third-order valence-corrected chi connectivity index (χ3v) is 14.4. The first-order valence-corrected chi connectivity index (χ1v) is 23.0. The molecule has 4 heteroatoms. The van der Waals surface area contributed by atoms with Crippen molar-refractivity contribution in [1.82, 2.24) is 0 Å². The Morgan fingerprint density at radius 1 is 0.308 bits per heavy atom. The van der Waals surface area contributed by atoms with Crippen LogP contribution in [-0.2, 0) is 5.41 Å². The molecule has 0 saturated carbocycles. The van der Waals surface area contributed by atoms with E-state index in [1.54, 1.807) is 0 Å². The molecule has 0 fully saturated rings. The van der Waals surface area contributed by atoms with Gasteiger partial charge in [-0.25, -0.2) is 0 Å². The van der Waals surface area contributed by atoms with Gasteiger partial charge in [0, 0.05) is 54.7 Å². The van der Waals surface area contributed by atoms with Crippen molar-refractivity contribution in [2.45, 2.75) is 15.2 Å². The molecule has 0 N–H and O–H groups in total. The van der Waals surface area contributed by atoms with Crippen LogP contribution in [0.15, 0.2) is 257 Å². The molecule has 0 bridgehead atoms. The Balaban J connectivity index is 1.01. The van der Waals surface area contributed by atoms with E-state index in [0.29, 0.717) is 0 Å². The highest BCUT2D eigenvalue weighted by atomic mass is 32.2. The molecular weight excluding hydrogens is 809 g/mol. The van der Waals surface area contributed by atoms with Gasteiger partial charge in [-0.1, -0.05) is 151 Å². The number of anilines is 6. The molecule has 2 heterocycles. The molecule has 2 aliphatic rings. The van der Waals surface area contributed by atoms with Crippen molar-refractivity contribution in [3.63, 3.8) is 0 Å². The van der Waals surface area contributed by atoms with Crippen molar-refractivity contribution in [3.05, 3.63) is 265 Å². The Kier molecular flexibility index (Phi) is 8.68. The summed E-state index contributed by atoms with van der Waals surface area (Å²) in [4.78, 5) is 7.31. The third kappa shape index (κ3) is 5.91. The van der Waals surface area contributed by atoms with Crippen molar-refractivity contribution >= 4 is 67.8 Å². The fraction of sp³-hybridized carbons (Fsp3) is 0.0164. The average Bonchev–Trinajstić information content (AvgIpc) is 3.89. The fourth-order valence-corrected chi connectivity index (χ4v) is 11.7. The number of nitrogens with zero attached hydrogens (tertiary/aromatic N) is 2. The number of benzene rings is 10. The SMILES string of the molecule is c1ccc(N(c2ccccc2)c2ccc(N(c3cccc(-c4ccc5oc6ccccc6c5c4)c3)c3ccc4c(c3)C3(c5ccccc5S4)c4ccccc4-c4ccccc43)cc2)cc1. The molecule has 1 aliphatic carbocycles. The molecule has 65 heavy (non-hydrogen) atoms. The lowest BCUT2D eigenvalue weighted by molar-refractivity contribution is 0.669. The Bertz CT molecular complexity index is 3510. The van der Waals surface area contributed by atoms with E-state index in [0.717, 1.165) is 67.2 Å². The number of fused-ring (bicyclic) bond motifs is 12. The predicted molar refractivity (Wildman–Crippen MR) is 270 cm³/mol. The Hall–Kier alpha value is -8.05. The van der Waals surface area contributed by atoms with Gasteiger partial charge in [-0.3, -0.25) is 0 Å². The second-order valence-corrected chi connectivity index (χ2v) is 17.9. The standard InChI is InChI=1S/C61H40N2OS/c1-3-17-43(18-4-1)62(44-19-5-2-6-20-44)45-31-33-46(34-32-45)63(47-21-15-16-41(38-47)42-30-36-58-52(39-42)51-24-9-13-28-57(51)64-58)48-35-37-60-56(40-48)61(55-27-12-14-29-59(55)65-60)53-25-10-7-22-49(53)50-23-8-11-26-54(50)61/h1-40H. The molecule has 13 rings (SSSR count). The average molecular weight is 849 g/mol. The highest BCUT2D eigenvalue weighted by Gasteiger charge is 2.50. The number of para-hydroxylation sites is 3. The van der Waals surface area contributed by atoms with E-state index in [1.807, 2.05) is 23.9 Å². The Morgan fingerprint density at radius 2 is 0.800 bits per heavy atom. The van der Waals surface area contributed by atoms with Crippen molar-refractivity contribution in [1.29, 1.82) is 0 Å². The molecule has 0 unspecified atom stereocenters. The maximum absolute atomic E-state index is 6.24. The van der Waals surface area contributed by atoms with E-state index >= 15 is 0 Å². The summed E-state index contributed by atoms with van der Waals surface area (Å²) >= 11 is 1.88. The molecular formula is C61H40N2OS. The van der Waals surface area contributed by atoms with Crippen LogP contribution in [0.4, 0.5) is 34.1 Å². The lowest BCUT2D eigenvalue weighted by Gasteiger charge is -2.40. The van der Waals surface area contributed by atoms with Crippen LogP contribution in [0, 0.1) is 0 Å². The second-order valence-electron chi connectivity index (χ2n) is 16.8. The zero-order chi connectivity index (χ0) is 42.9. The van der Waals surface area contributed by atoms with Gasteiger partial charge >= 0.3 is 0 Å². The van der Waals surface area contributed by atoms with Gasteiger partial charge in [0.25, 0.3) is 0 Å². The molecule has 3 nitrogen and oxygen atoms in total. The zero-order valence-corrected chi connectivity index (χ0v) is 36.1. The first kappa shape index (κ1) is 37.5. The van der Waals surface area contributed by atoms with Gasteiger partial charge in [0.05, 0.1) is 5.41 Å². The number of furan rings is 1. The van der Waals surface area contributed by atoms with Gasteiger partial charge in [0.15, 0.2) is 0 Å². The molecule has 1 aromatic heterocycles. The quantitative estimate of drug-likeness (QED) is 0.159. The van der Waals surface area contributed by atoms with Gasteiger partial charge in [0.1, 0.15) is 11.2 Å².